The van der Waals surface area contributed by atoms with Crippen LogP contribution in [0.2, 0.25) is 0 Å². The van der Waals surface area contributed by atoms with Gasteiger partial charge in [0.2, 0.25) is 6.54 Å². The van der Waals surface area contributed by atoms with Crippen molar-refractivity contribution in [1.82, 2.24) is 0 Å². The van der Waals surface area contributed by atoms with Gasteiger partial charge in [-0.15, -0.1) is 0 Å². The highest BCUT2D eigenvalue weighted by atomic mass is 35.5. The molecule has 0 aliphatic carbocycles. The molecule has 4 nitrogen and oxygen atoms in total. The number of benzene rings is 1. The Labute approximate surface area is 117 Å². The standard InChI is InChI=1S/C14H11N3O.ClH/c15-10-12-5-4-6-13(9-12)16-14(18)11-17-7-2-1-3-8-17;/h1-9H,11H2;1H. The average Bonchev–Trinajstić information content (AvgIpc) is 2.40. The molecule has 0 bridgehead atoms. The molecule has 1 aromatic carbocycles. The molecule has 1 N–H and O–H groups in total. The zero-order chi connectivity index (χ0) is 12.8. The predicted molar refractivity (Wildman–Crippen MR) is 66.4 cm³/mol. The van der Waals surface area contributed by atoms with Crippen LogP contribution in [0.15, 0.2) is 54.9 Å². The van der Waals surface area contributed by atoms with Crippen molar-refractivity contribution >= 4 is 11.6 Å². The number of amides is 1. The average molecular weight is 274 g/mol. The fourth-order valence-corrected chi connectivity index (χ4v) is 1.57. The van der Waals surface area contributed by atoms with Crippen LogP contribution in [-0.4, -0.2) is 5.91 Å². The lowest BCUT2D eigenvalue weighted by atomic mass is 10.2. The minimum absolute atomic E-state index is 0. The zero-order valence-electron chi connectivity index (χ0n) is 10.1. The first-order chi connectivity index (χ1) is 8.78. The Morgan fingerprint density at radius 2 is 1.95 bits per heavy atom. The minimum Gasteiger partial charge on any atom is -1.00 e. The van der Waals surface area contributed by atoms with E-state index in [1.54, 1.807) is 28.8 Å². The van der Waals surface area contributed by atoms with E-state index in [2.05, 4.69) is 5.32 Å². The summed E-state index contributed by atoms with van der Waals surface area (Å²) in [6, 6.07) is 14.5. The zero-order valence-corrected chi connectivity index (χ0v) is 10.8. The van der Waals surface area contributed by atoms with Crippen molar-refractivity contribution in [2.24, 2.45) is 0 Å². The summed E-state index contributed by atoms with van der Waals surface area (Å²) in [4.78, 5) is 11.8. The van der Waals surface area contributed by atoms with Gasteiger partial charge in [-0.1, -0.05) is 12.1 Å². The van der Waals surface area contributed by atoms with E-state index < -0.39 is 0 Å². The van der Waals surface area contributed by atoms with Crippen LogP contribution in [0.4, 0.5) is 5.69 Å². The van der Waals surface area contributed by atoms with E-state index in [1.165, 1.54) is 0 Å². The van der Waals surface area contributed by atoms with Gasteiger partial charge in [0.05, 0.1) is 11.6 Å². The van der Waals surface area contributed by atoms with E-state index in [1.807, 2.05) is 36.7 Å². The summed E-state index contributed by atoms with van der Waals surface area (Å²) in [7, 11) is 0. The highest BCUT2D eigenvalue weighted by molar-refractivity contribution is 5.89. The molecule has 0 saturated heterocycles. The van der Waals surface area contributed by atoms with Crippen molar-refractivity contribution in [3.8, 4) is 6.07 Å². The maximum atomic E-state index is 11.8. The first kappa shape index (κ1) is 14.7. The fourth-order valence-electron chi connectivity index (χ4n) is 1.57. The number of nitriles is 1. The monoisotopic (exact) mass is 273 g/mol. The van der Waals surface area contributed by atoms with Crippen molar-refractivity contribution in [1.29, 1.82) is 5.26 Å². The number of pyridine rings is 1. The van der Waals surface area contributed by atoms with E-state index in [-0.39, 0.29) is 24.9 Å². The van der Waals surface area contributed by atoms with Crippen molar-refractivity contribution in [2.75, 3.05) is 5.32 Å². The summed E-state index contributed by atoms with van der Waals surface area (Å²) >= 11 is 0. The van der Waals surface area contributed by atoms with Crippen LogP contribution < -0.4 is 22.3 Å². The SMILES string of the molecule is N#Cc1cccc(NC(=O)C[n+]2ccccc2)c1.[Cl-]. The first-order valence-corrected chi connectivity index (χ1v) is 5.52. The van der Waals surface area contributed by atoms with Crippen molar-refractivity contribution in [3.63, 3.8) is 0 Å². The Hall–Kier alpha value is -2.38. The molecule has 0 aliphatic heterocycles. The lowest BCUT2D eigenvalue weighted by molar-refractivity contribution is -0.684. The Balaban J connectivity index is 0.00000180. The number of carbonyl (C=O) groups is 1. The van der Waals surface area contributed by atoms with Crippen LogP contribution in [0, 0.1) is 11.3 Å². The summed E-state index contributed by atoms with van der Waals surface area (Å²) in [6.45, 7) is 0.248. The molecule has 0 aliphatic rings. The van der Waals surface area contributed by atoms with Crippen LogP contribution >= 0.6 is 0 Å². The second-order valence-corrected chi connectivity index (χ2v) is 3.79. The van der Waals surface area contributed by atoms with Crippen LogP contribution in [-0.2, 0) is 11.3 Å². The maximum absolute atomic E-state index is 11.8. The number of hydrogen-bond acceptors (Lipinski definition) is 2. The molecule has 0 saturated carbocycles. The molecule has 0 fully saturated rings. The molecule has 1 aromatic heterocycles. The van der Waals surface area contributed by atoms with Gasteiger partial charge in [-0.2, -0.15) is 9.83 Å². The molecule has 5 heteroatoms. The smallest absolute Gasteiger partial charge is 0.290 e. The topological polar surface area (TPSA) is 56.8 Å². The van der Waals surface area contributed by atoms with Gasteiger partial charge in [0, 0.05) is 17.8 Å². The molecule has 0 unspecified atom stereocenters. The van der Waals surface area contributed by atoms with E-state index in [0.29, 0.717) is 11.3 Å². The van der Waals surface area contributed by atoms with Gasteiger partial charge in [0.25, 0.3) is 5.91 Å². The number of nitrogens with zero attached hydrogens (tertiary/aromatic N) is 2. The van der Waals surface area contributed by atoms with Crippen LogP contribution in [0.3, 0.4) is 0 Å². The molecular formula is C14H12ClN3O. The summed E-state index contributed by atoms with van der Waals surface area (Å²) in [5.41, 5.74) is 1.16. The van der Waals surface area contributed by atoms with E-state index in [9.17, 15) is 4.79 Å². The lowest BCUT2D eigenvalue weighted by Crippen LogP contribution is -3.00. The number of halogens is 1. The van der Waals surface area contributed by atoms with E-state index >= 15 is 0 Å². The van der Waals surface area contributed by atoms with Gasteiger partial charge in [0.1, 0.15) is 0 Å². The van der Waals surface area contributed by atoms with Crippen molar-refractivity contribution in [3.05, 3.63) is 60.4 Å². The van der Waals surface area contributed by atoms with Gasteiger partial charge >= 0.3 is 0 Å². The van der Waals surface area contributed by atoms with Gasteiger partial charge in [-0.25, -0.2) is 0 Å². The normalized spacial score (nSPS) is 9.00. The largest absolute Gasteiger partial charge is 1.00 e. The molecule has 1 heterocycles. The molecule has 0 radical (unpaired) electrons. The Bertz CT molecular complexity index is 593. The molecule has 1 amide bonds. The van der Waals surface area contributed by atoms with Crippen molar-refractivity contribution < 1.29 is 21.8 Å². The van der Waals surface area contributed by atoms with Crippen molar-refractivity contribution in [2.45, 2.75) is 6.54 Å². The van der Waals surface area contributed by atoms with Gasteiger partial charge in [-0.3, -0.25) is 4.79 Å². The third-order valence-corrected chi connectivity index (χ3v) is 2.38. The Morgan fingerprint density at radius 3 is 2.63 bits per heavy atom. The first-order valence-electron chi connectivity index (χ1n) is 5.52. The summed E-state index contributed by atoms with van der Waals surface area (Å²) in [5, 5.41) is 11.5. The third kappa shape index (κ3) is 4.41. The van der Waals surface area contributed by atoms with Crippen LogP contribution in [0.5, 0.6) is 0 Å². The van der Waals surface area contributed by atoms with Gasteiger partial charge < -0.3 is 17.7 Å². The number of hydrogen-bond donors (Lipinski definition) is 1. The van der Waals surface area contributed by atoms with Gasteiger partial charge in [-0.05, 0) is 18.2 Å². The summed E-state index contributed by atoms with van der Waals surface area (Å²) < 4.78 is 1.78. The molecule has 19 heavy (non-hydrogen) atoms. The highest BCUT2D eigenvalue weighted by Gasteiger charge is 2.08. The predicted octanol–water partition coefficient (Wildman–Crippen LogP) is -1.51. The maximum Gasteiger partial charge on any atom is 0.290 e. The summed E-state index contributed by atoms with van der Waals surface area (Å²) in [6.07, 6.45) is 3.65. The third-order valence-electron chi connectivity index (χ3n) is 2.38. The molecular weight excluding hydrogens is 262 g/mol. The number of carbonyl (C=O) groups excluding carboxylic acids is 1. The van der Waals surface area contributed by atoms with Crippen LogP contribution in [0.1, 0.15) is 5.56 Å². The molecule has 96 valence electrons. The second-order valence-electron chi connectivity index (χ2n) is 3.79. The minimum atomic E-state index is -0.124. The molecule has 2 aromatic rings. The second kappa shape index (κ2) is 7.14. The molecule has 0 atom stereocenters. The highest BCUT2D eigenvalue weighted by Crippen LogP contribution is 2.09. The fraction of sp³-hybridized carbons (Fsp3) is 0.0714. The lowest BCUT2D eigenvalue weighted by Gasteiger charge is -2.02. The number of nitrogens with one attached hydrogen (secondary N) is 1. The van der Waals surface area contributed by atoms with Crippen LogP contribution in [0.25, 0.3) is 0 Å². The number of anilines is 1. The summed E-state index contributed by atoms with van der Waals surface area (Å²) in [5.74, 6) is -0.124. The van der Waals surface area contributed by atoms with E-state index in [4.69, 9.17) is 5.26 Å². The number of aromatic nitrogens is 1. The quantitative estimate of drug-likeness (QED) is 0.692. The van der Waals surface area contributed by atoms with Gasteiger partial charge in [0.15, 0.2) is 12.4 Å². The Morgan fingerprint density at radius 1 is 1.21 bits per heavy atom. The van der Waals surface area contributed by atoms with E-state index in [0.717, 1.165) is 0 Å². The number of rotatable bonds is 3. The molecule has 2 rings (SSSR count). The Kier molecular flexibility index (Phi) is 5.52. The molecule has 0 spiro atoms.